The third-order valence-corrected chi connectivity index (χ3v) is 16.4. The summed E-state index contributed by atoms with van der Waals surface area (Å²) in [4.78, 5) is 2.45. The van der Waals surface area contributed by atoms with Crippen LogP contribution in [0.3, 0.4) is 0 Å². The number of nitrogens with zero attached hydrogens (tertiary/aromatic N) is 1. The van der Waals surface area contributed by atoms with E-state index in [0.29, 0.717) is 0 Å². The number of rotatable bonds is 6. The average Bonchev–Trinajstić information content (AvgIpc) is 4.08. The lowest BCUT2D eigenvalue weighted by molar-refractivity contribution is 0.586. The summed E-state index contributed by atoms with van der Waals surface area (Å²) < 4.78 is 6.56. The molecule has 2 nitrogen and oxygen atoms in total. The molecule has 0 radical (unpaired) electrons. The normalized spacial score (nSPS) is 13.3. The van der Waals surface area contributed by atoms with Crippen LogP contribution < -0.4 is 4.90 Å². The van der Waals surface area contributed by atoms with Crippen LogP contribution in [0.2, 0.25) is 0 Å². The van der Waals surface area contributed by atoms with Crippen LogP contribution in [0.25, 0.3) is 88.3 Å². The first kappa shape index (κ1) is 44.9. The van der Waals surface area contributed by atoms with Gasteiger partial charge in [0.2, 0.25) is 0 Å². The van der Waals surface area contributed by atoms with Crippen LogP contribution in [-0.4, -0.2) is 0 Å². The molecule has 0 amide bonds. The van der Waals surface area contributed by atoms with Crippen LogP contribution in [0.4, 0.5) is 17.1 Å². The zero-order valence-electron chi connectivity index (χ0n) is 43.4. The minimum Gasteiger partial charge on any atom is -0.455 e. The minimum absolute atomic E-state index is 0.0588. The molecular formula is C73H57NO. The van der Waals surface area contributed by atoms with Crippen molar-refractivity contribution in [3.05, 3.63) is 270 Å². The molecule has 360 valence electrons. The summed E-state index contributed by atoms with van der Waals surface area (Å²) in [5.41, 5.74) is 24.6. The van der Waals surface area contributed by atoms with Gasteiger partial charge in [0.25, 0.3) is 0 Å². The van der Waals surface area contributed by atoms with E-state index in [2.05, 4.69) is 277 Å². The number of benzene rings is 11. The van der Waals surface area contributed by atoms with Crippen molar-refractivity contribution in [1.82, 2.24) is 0 Å². The van der Waals surface area contributed by atoms with Crippen molar-refractivity contribution in [3.8, 4) is 55.6 Å². The van der Waals surface area contributed by atoms with Gasteiger partial charge in [-0.1, -0.05) is 230 Å². The van der Waals surface area contributed by atoms with Crippen molar-refractivity contribution in [2.75, 3.05) is 4.90 Å². The van der Waals surface area contributed by atoms with E-state index in [9.17, 15) is 0 Å². The number of anilines is 3. The molecule has 2 aliphatic carbocycles. The molecule has 0 atom stereocenters. The fraction of sp³-hybridized carbons (Fsp3) is 0.123. The SMILES string of the molecule is CC(C)(C)c1ccc2c(c1)C1(c3ccc(-c4cccc5ccccc45)cc3-c3ccc(N(c4ccc(-c5ccccc5)cc4)c4ccc(-c5cccc6c5oc5ccccc56)cc4)cc31)c1cc(C(C)(C)C)ccc1-2. The summed E-state index contributed by atoms with van der Waals surface area (Å²) in [5, 5.41) is 4.77. The highest BCUT2D eigenvalue weighted by molar-refractivity contribution is 6.10. The van der Waals surface area contributed by atoms with Crippen molar-refractivity contribution in [2.24, 2.45) is 0 Å². The minimum atomic E-state index is -0.594. The van der Waals surface area contributed by atoms with E-state index < -0.39 is 5.41 Å². The van der Waals surface area contributed by atoms with Crippen molar-refractivity contribution in [3.63, 3.8) is 0 Å². The van der Waals surface area contributed by atoms with Gasteiger partial charge in [0.15, 0.2) is 0 Å². The third kappa shape index (κ3) is 7.00. The summed E-state index contributed by atoms with van der Waals surface area (Å²) >= 11 is 0. The van der Waals surface area contributed by atoms with Gasteiger partial charge in [-0.25, -0.2) is 0 Å². The zero-order valence-corrected chi connectivity index (χ0v) is 43.4. The fourth-order valence-electron chi connectivity index (χ4n) is 12.6. The van der Waals surface area contributed by atoms with E-state index in [-0.39, 0.29) is 10.8 Å². The van der Waals surface area contributed by atoms with Gasteiger partial charge in [-0.2, -0.15) is 0 Å². The predicted octanol–water partition coefficient (Wildman–Crippen LogP) is 20.1. The Morgan fingerprint density at radius 1 is 0.320 bits per heavy atom. The molecule has 75 heavy (non-hydrogen) atoms. The Kier molecular flexibility index (Phi) is 9.98. The van der Waals surface area contributed by atoms with Gasteiger partial charge in [0, 0.05) is 33.4 Å². The molecule has 2 heteroatoms. The van der Waals surface area contributed by atoms with E-state index in [1.165, 1.54) is 88.7 Å². The quantitative estimate of drug-likeness (QED) is 0.165. The maximum absolute atomic E-state index is 6.56. The van der Waals surface area contributed by atoms with Gasteiger partial charge < -0.3 is 9.32 Å². The van der Waals surface area contributed by atoms with Gasteiger partial charge in [0.1, 0.15) is 11.2 Å². The second kappa shape index (κ2) is 16.6. The largest absolute Gasteiger partial charge is 0.455 e. The van der Waals surface area contributed by atoms with Crippen molar-refractivity contribution in [1.29, 1.82) is 0 Å². The van der Waals surface area contributed by atoms with Crippen LogP contribution in [0.15, 0.2) is 241 Å². The molecular weight excluding hydrogens is 907 g/mol. The summed E-state index contributed by atoms with van der Waals surface area (Å²) in [6.45, 7) is 14.1. The molecule has 0 saturated heterocycles. The predicted molar refractivity (Wildman–Crippen MR) is 316 cm³/mol. The summed E-state index contributed by atoms with van der Waals surface area (Å²) in [6, 6.07) is 88.5. The molecule has 11 aromatic carbocycles. The van der Waals surface area contributed by atoms with Crippen molar-refractivity contribution in [2.45, 2.75) is 57.8 Å². The molecule has 1 spiro atoms. The Morgan fingerprint density at radius 2 is 0.827 bits per heavy atom. The Morgan fingerprint density at radius 3 is 1.52 bits per heavy atom. The summed E-state index contributed by atoms with van der Waals surface area (Å²) in [6.07, 6.45) is 0. The smallest absolute Gasteiger partial charge is 0.143 e. The molecule has 12 aromatic rings. The molecule has 1 aromatic heterocycles. The number of hydrogen-bond donors (Lipinski definition) is 0. The number of furan rings is 1. The van der Waals surface area contributed by atoms with E-state index in [1.54, 1.807) is 0 Å². The number of para-hydroxylation sites is 2. The Bertz CT molecular complexity index is 4170. The van der Waals surface area contributed by atoms with Gasteiger partial charge in [-0.3, -0.25) is 0 Å². The molecule has 0 N–H and O–H groups in total. The molecule has 1 heterocycles. The molecule has 0 bridgehead atoms. The first-order chi connectivity index (χ1) is 36.4. The monoisotopic (exact) mass is 963 g/mol. The molecule has 0 fully saturated rings. The second-order valence-corrected chi connectivity index (χ2v) is 22.9. The number of fused-ring (bicyclic) bond motifs is 14. The molecule has 14 rings (SSSR count). The Hall–Kier alpha value is -8.72. The van der Waals surface area contributed by atoms with E-state index >= 15 is 0 Å². The lowest BCUT2D eigenvalue weighted by Crippen LogP contribution is -2.27. The first-order valence-corrected chi connectivity index (χ1v) is 26.5. The highest BCUT2D eigenvalue weighted by Crippen LogP contribution is 2.64. The maximum atomic E-state index is 6.56. The highest BCUT2D eigenvalue weighted by Gasteiger charge is 2.52. The van der Waals surface area contributed by atoms with Gasteiger partial charge >= 0.3 is 0 Å². The zero-order chi connectivity index (χ0) is 50.8. The molecule has 0 saturated carbocycles. The summed E-state index contributed by atoms with van der Waals surface area (Å²) in [5.74, 6) is 0. The fourth-order valence-corrected chi connectivity index (χ4v) is 12.6. The Balaban J connectivity index is 1.01. The van der Waals surface area contributed by atoms with Crippen molar-refractivity contribution >= 4 is 49.8 Å². The maximum Gasteiger partial charge on any atom is 0.143 e. The van der Waals surface area contributed by atoms with E-state index in [4.69, 9.17) is 4.42 Å². The van der Waals surface area contributed by atoms with Crippen LogP contribution >= 0.6 is 0 Å². The van der Waals surface area contributed by atoms with Crippen molar-refractivity contribution < 1.29 is 4.42 Å². The highest BCUT2D eigenvalue weighted by atomic mass is 16.3. The third-order valence-electron chi connectivity index (χ3n) is 16.4. The lowest BCUT2D eigenvalue weighted by atomic mass is 9.68. The first-order valence-electron chi connectivity index (χ1n) is 26.5. The average molecular weight is 964 g/mol. The van der Waals surface area contributed by atoms with Crippen LogP contribution in [0, 0.1) is 0 Å². The second-order valence-electron chi connectivity index (χ2n) is 22.9. The van der Waals surface area contributed by atoms with Gasteiger partial charge in [-0.05, 0) is 154 Å². The Labute approximate surface area is 440 Å². The molecule has 0 unspecified atom stereocenters. The molecule has 2 aliphatic rings. The van der Waals surface area contributed by atoms with E-state index in [1.807, 2.05) is 6.07 Å². The van der Waals surface area contributed by atoms with Crippen LogP contribution in [0.5, 0.6) is 0 Å². The van der Waals surface area contributed by atoms with E-state index in [0.717, 1.165) is 50.1 Å². The topological polar surface area (TPSA) is 16.4 Å². The number of hydrogen-bond acceptors (Lipinski definition) is 2. The lowest BCUT2D eigenvalue weighted by Gasteiger charge is -2.34. The summed E-state index contributed by atoms with van der Waals surface area (Å²) in [7, 11) is 0. The van der Waals surface area contributed by atoms with Gasteiger partial charge in [-0.15, -0.1) is 0 Å². The standard InChI is InChI=1S/C73H57NO/c1-71(2,3)51-31-38-59-60-39-32-52(72(4,5)6)44-67(60)73(66(59)43-51)65-41-30-50(57-22-14-19-48-18-10-11-20-56(48)57)42-64(65)61-40-37-55(45-68(61)73)74(53-33-26-47(27-34-53)46-16-8-7-9-17-46)54-35-28-49(29-36-54)58-23-15-24-63-62-21-12-13-25-69(62)75-70(58)63/h7-45H,1-6H3. The van der Waals surface area contributed by atoms with Gasteiger partial charge in [0.05, 0.1) is 5.41 Å². The molecule has 0 aliphatic heterocycles. The van der Waals surface area contributed by atoms with Crippen LogP contribution in [0.1, 0.15) is 74.9 Å². The van der Waals surface area contributed by atoms with Crippen LogP contribution in [-0.2, 0) is 16.2 Å².